The van der Waals surface area contributed by atoms with E-state index in [-0.39, 0.29) is 17.5 Å². The summed E-state index contributed by atoms with van der Waals surface area (Å²) in [6.45, 7) is 10.8. The summed E-state index contributed by atoms with van der Waals surface area (Å²) in [7, 11) is 0. The Bertz CT molecular complexity index is 984. The second kappa shape index (κ2) is 9.23. The van der Waals surface area contributed by atoms with Gasteiger partial charge in [-0.2, -0.15) is 0 Å². The molecule has 168 valence electrons. The number of rotatable bonds is 5. The Labute approximate surface area is 181 Å². The van der Waals surface area contributed by atoms with Crippen LogP contribution in [0, 0.1) is 20.8 Å². The van der Waals surface area contributed by atoms with E-state index in [0.717, 1.165) is 63.7 Å². The maximum Gasteiger partial charge on any atom is 0.255 e. The molecule has 2 aromatic rings. The molecule has 0 bridgehead atoms. The van der Waals surface area contributed by atoms with E-state index in [1.807, 2.05) is 19.9 Å². The molecule has 0 atom stereocenters. The smallest absolute Gasteiger partial charge is 0.255 e. The third-order valence-electron chi connectivity index (χ3n) is 6.21. The standard InChI is InChI=1S/C22H31N5O4/c1-14-15(2)23-22(25-20(14)28)27-6-4-17(5-7-27)24-21(29)19-12-18(31-16(19)3)13-26-8-10-30-11-9-26/h12,17H,4-11,13H2,1-3H3,(H,24,29)(H,23,25,28). The average Bonchev–Trinajstić information content (AvgIpc) is 3.13. The molecule has 2 aliphatic heterocycles. The number of aromatic nitrogens is 2. The summed E-state index contributed by atoms with van der Waals surface area (Å²) in [6.07, 6.45) is 1.58. The van der Waals surface area contributed by atoms with Crippen molar-refractivity contribution in [3.8, 4) is 0 Å². The molecule has 2 saturated heterocycles. The lowest BCUT2D eigenvalue weighted by Gasteiger charge is -2.32. The van der Waals surface area contributed by atoms with Crippen molar-refractivity contribution >= 4 is 11.9 Å². The summed E-state index contributed by atoms with van der Waals surface area (Å²) < 4.78 is 11.2. The highest BCUT2D eigenvalue weighted by Crippen LogP contribution is 2.20. The molecule has 9 heteroatoms. The molecule has 0 radical (unpaired) electrons. The van der Waals surface area contributed by atoms with Crippen LogP contribution in [0.5, 0.6) is 0 Å². The van der Waals surface area contributed by atoms with Crippen molar-refractivity contribution in [3.63, 3.8) is 0 Å². The van der Waals surface area contributed by atoms with Gasteiger partial charge in [0.25, 0.3) is 11.5 Å². The monoisotopic (exact) mass is 429 g/mol. The van der Waals surface area contributed by atoms with Gasteiger partial charge in [-0.15, -0.1) is 0 Å². The van der Waals surface area contributed by atoms with Gasteiger partial charge in [0, 0.05) is 43.5 Å². The van der Waals surface area contributed by atoms with E-state index in [2.05, 4.69) is 25.1 Å². The number of aryl methyl sites for hydroxylation is 2. The zero-order valence-electron chi connectivity index (χ0n) is 18.5. The molecule has 31 heavy (non-hydrogen) atoms. The first-order valence-corrected chi connectivity index (χ1v) is 10.9. The van der Waals surface area contributed by atoms with Crippen LogP contribution < -0.4 is 15.8 Å². The van der Waals surface area contributed by atoms with Crippen molar-refractivity contribution in [3.05, 3.63) is 44.8 Å². The largest absolute Gasteiger partial charge is 0.464 e. The summed E-state index contributed by atoms with van der Waals surface area (Å²) in [6, 6.07) is 1.94. The second-order valence-electron chi connectivity index (χ2n) is 8.41. The summed E-state index contributed by atoms with van der Waals surface area (Å²) >= 11 is 0. The van der Waals surface area contributed by atoms with E-state index >= 15 is 0 Å². The number of carbonyl (C=O) groups excluding carboxylic acids is 1. The van der Waals surface area contributed by atoms with Crippen LogP contribution in [0.2, 0.25) is 0 Å². The van der Waals surface area contributed by atoms with Crippen molar-refractivity contribution in [1.29, 1.82) is 0 Å². The molecule has 0 spiro atoms. The first-order valence-electron chi connectivity index (χ1n) is 10.9. The molecule has 2 aromatic heterocycles. The third-order valence-corrected chi connectivity index (χ3v) is 6.21. The fraction of sp³-hybridized carbons (Fsp3) is 0.591. The van der Waals surface area contributed by atoms with Gasteiger partial charge < -0.3 is 19.4 Å². The van der Waals surface area contributed by atoms with Crippen LogP contribution in [-0.4, -0.2) is 66.2 Å². The molecule has 0 aliphatic carbocycles. The molecular formula is C22H31N5O4. The van der Waals surface area contributed by atoms with Crippen LogP contribution in [-0.2, 0) is 11.3 Å². The van der Waals surface area contributed by atoms with Crippen LogP contribution >= 0.6 is 0 Å². The second-order valence-corrected chi connectivity index (χ2v) is 8.41. The van der Waals surface area contributed by atoms with E-state index in [9.17, 15) is 9.59 Å². The molecular weight excluding hydrogens is 398 g/mol. The lowest BCUT2D eigenvalue weighted by atomic mass is 10.0. The van der Waals surface area contributed by atoms with E-state index in [1.165, 1.54) is 0 Å². The van der Waals surface area contributed by atoms with Crippen LogP contribution in [0.3, 0.4) is 0 Å². The number of ether oxygens (including phenoxy) is 1. The third kappa shape index (κ3) is 4.99. The van der Waals surface area contributed by atoms with Gasteiger partial charge in [0.2, 0.25) is 5.95 Å². The Kier molecular flexibility index (Phi) is 6.43. The number of H-pyrrole nitrogens is 1. The highest BCUT2D eigenvalue weighted by Gasteiger charge is 2.25. The van der Waals surface area contributed by atoms with Gasteiger partial charge in [-0.3, -0.25) is 19.5 Å². The molecule has 4 rings (SSSR count). The number of anilines is 1. The Morgan fingerprint density at radius 2 is 1.90 bits per heavy atom. The van der Waals surface area contributed by atoms with Crippen molar-refractivity contribution in [2.75, 3.05) is 44.3 Å². The predicted molar refractivity (Wildman–Crippen MR) is 117 cm³/mol. The average molecular weight is 430 g/mol. The quantitative estimate of drug-likeness (QED) is 0.743. The maximum atomic E-state index is 12.8. The minimum Gasteiger partial charge on any atom is -0.464 e. The molecule has 4 heterocycles. The molecule has 0 unspecified atom stereocenters. The Morgan fingerprint density at radius 3 is 2.58 bits per heavy atom. The molecule has 0 aromatic carbocycles. The highest BCUT2D eigenvalue weighted by molar-refractivity contribution is 5.95. The summed E-state index contributed by atoms with van der Waals surface area (Å²) in [5, 5.41) is 3.15. The Balaban J connectivity index is 1.32. The minimum absolute atomic E-state index is 0.0824. The summed E-state index contributed by atoms with van der Waals surface area (Å²) in [4.78, 5) is 36.6. The van der Waals surface area contributed by atoms with Crippen LogP contribution in [0.4, 0.5) is 5.95 Å². The molecule has 2 aliphatic rings. The molecule has 2 fully saturated rings. The molecule has 2 N–H and O–H groups in total. The van der Waals surface area contributed by atoms with Crippen LogP contribution in [0.15, 0.2) is 15.3 Å². The lowest BCUT2D eigenvalue weighted by Crippen LogP contribution is -2.45. The Morgan fingerprint density at radius 1 is 1.19 bits per heavy atom. The minimum atomic E-state index is -0.0961. The fourth-order valence-corrected chi connectivity index (χ4v) is 4.11. The number of piperidine rings is 1. The van der Waals surface area contributed by atoms with Crippen molar-refractivity contribution < 1.29 is 13.9 Å². The van der Waals surface area contributed by atoms with Crippen molar-refractivity contribution in [1.82, 2.24) is 20.2 Å². The normalized spacial score (nSPS) is 18.4. The highest BCUT2D eigenvalue weighted by atomic mass is 16.5. The predicted octanol–water partition coefficient (Wildman–Crippen LogP) is 1.52. The number of hydrogen-bond acceptors (Lipinski definition) is 7. The molecule has 1 amide bonds. The fourth-order valence-electron chi connectivity index (χ4n) is 4.11. The zero-order chi connectivity index (χ0) is 22.0. The van der Waals surface area contributed by atoms with Crippen LogP contribution in [0.1, 0.15) is 46.0 Å². The van der Waals surface area contributed by atoms with Crippen molar-refractivity contribution in [2.24, 2.45) is 0 Å². The van der Waals surface area contributed by atoms with Gasteiger partial charge in [-0.25, -0.2) is 4.98 Å². The van der Waals surface area contributed by atoms with Crippen molar-refractivity contribution in [2.45, 2.75) is 46.2 Å². The number of carbonyl (C=O) groups is 1. The lowest BCUT2D eigenvalue weighted by molar-refractivity contribution is 0.0312. The number of hydrogen-bond donors (Lipinski definition) is 2. The zero-order valence-corrected chi connectivity index (χ0v) is 18.5. The number of aromatic amines is 1. The number of furan rings is 1. The summed E-state index contributed by atoms with van der Waals surface area (Å²) in [5.74, 6) is 1.97. The van der Waals surface area contributed by atoms with Gasteiger partial charge in [-0.05, 0) is 39.7 Å². The van der Waals surface area contributed by atoms with E-state index in [0.29, 0.717) is 29.4 Å². The van der Waals surface area contributed by atoms with Gasteiger partial charge in [0.15, 0.2) is 0 Å². The van der Waals surface area contributed by atoms with Gasteiger partial charge >= 0.3 is 0 Å². The SMILES string of the molecule is Cc1nc(N2CCC(NC(=O)c3cc(CN4CCOCC4)oc3C)CC2)[nH]c(=O)c1C. The van der Waals surface area contributed by atoms with Gasteiger partial charge in [0.1, 0.15) is 11.5 Å². The summed E-state index contributed by atoms with van der Waals surface area (Å²) in [5.41, 5.74) is 1.90. The van der Waals surface area contributed by atoms with E-state index in [1.54, 1.807) is 6.92 Å². The van der Waals surface area contributed by atoms with E-state index < -0.39 is 0 Å². The van der Waals surface area contributed by atoms with Gasteiger partial charge in [-0.1, -0.05) is 0 Å². The Hall–Kier alpha value is -2.65. The number of morpholine rings is 1. The first kappa shape index (κ1) is 21.6. The van der Waals surface area contributed by atoms with E-state index in [4.69, 9.17) is 9.15 Å². The number of amides is 1. The first-order chi connectivity index (χ1) is 14.9. The topological polar surface area (TPSA) is 104 Å². The van der Waals surface area contributed by atoms with Crippen LogP contribution in [0.25, 0.3) is 0 Å². The molecule has 0 saturated carbocycles. The van der Waals surface area contributed by atoms with Gasteiger partial charge in [0.05, 0.1) is 25.3 Å². The molecule has 9 nitrogen and oxygen atoms in total. The number of nitrogens with zero attached hydrogens (tertiary/aromatic N) is 3. The maximum absolute atomic E-state index is 12.8. The number of nitrogens with one attached hydrogen (secondary N) is 2.